The van der Waals surface area contributed by atoms with Crippen molar-refractivity contribution in [3.05, 3.63) is 54.5 Å². The van der Waals surface area contributed by atoms with E-state index in [9.17, 15) is 26.7 Å². The zero-order valence-electron chi connectivity index (χ0n) is 17.5. The van der Waals surface area contributed by atoms with E-state index in [2.05, 4.69) is 20.3 Å². The number of likely N-dealkylation sites (tertiary alicyclic amines) is 1. The number of amides is 1. The van der Waals surface area contributed by atoms with Crippen LogP contribution in [-0.2, 0) is 11.3 Å². The molecule has 1 saturated heterocycles. The van der Waals surface area contributed by atoms with Crippen LogP contribution in [-0.4, -0.2) is 56.4 Å². The fourth-order valence-electron chi connectivity index (χ4n) is 3.31. The molecule has 0 spiro atoms. The standard InChI is InChI=1S/C18H18F2N6O.C2HF3O2.H2/c19-18(20)5-9-25(10-6-18)11-13-14-3-1-2-8-26(14)16(23-13)17(27)24-15-4-7-21-12-22-15;3-2(4,5)1(6)7;/h1-4,7-8,12H,5-6,9-11H2,(H,21,22,24,27);(H,6,7);1H. The smallest absolute Gasteiger partial charge is 0.430 e. The van der Waals surface area contributed by atoms with Gasteiger partial charge in [0.25, 0.3) is 11.8 Å². The van der Waals surface area contributed by atoms with Gasteiger partial charge in [0.05, 0.1) is 31.4 Å². The van der Waals surface area contributed by atoms with E-state index in [0.717, 1.165) is 16.1 Å². The first-order valence-corrected chi connectivity index (χ1v) is 9.99. The number of nitrogens with zero attached hydrogens (tertiary/aromatic N) is 4. The van der Waals surface area contributed by atoms with Gasteiger partial charge in [-0.05, 0) is 18.2 Å². The van der Waals surface area contributed by atoms with Gasteiger partial charge in [-0.3, -0.25) is 9.20 Å². The summed E-state index contributed by atoms with van der Waals surface area (Å²) in [6.07, 6.45) is -0.780. The molecule has 4 heterocycles. The van der Waals surface area contributed by atoms with E-state index in [1.807, 2.05) is 18.2 Å². The van der Waals surface area contributed by atoms with Crippen molar-refractivity contribution >= 4 is 23.2 Å². The van der Waals surface area contributed by atoms with Crippen molar-refractivity contribution in [2.45, 2.75) is 31.5 Å². The normalized spacial score (nSPS) is 15.9. The van der Waals surface area contributed by atoms with Crippen molar-refractivity contribution in [2.75, 3.05) is 18.4 Å². The van der Waals surface area contributed by atoms with E-state index >= 15 is 0 Å². The van der Waals surface area contributed by atoms with Crippen LogP contribution < -0.4 is 15.3 Å². The van der Waals surface area contributed by atoms with Crippen molar-refractivity contribution in [1.82, 2.24) is 19.4 Å². The number of piperidine rings is 1. The third kappa shape index (κ3) is 6.43. The average Bonchev–Trinajstić information content (AvgIpc) is 3.14. The van der Waals surface area contributed by atoms with Crippen molar-refractivity contribution in [2.24, 2.45) is 0 Å². The summed E-state index contributed by atoms with van der Waals surface area (Å²) in [5.41, 5.74) is 1.53. The Balaban J connectivity index is 0.000000476. The average molecular weight is 488 g/mol. The lowest BCUT2D eigenvalue weighted by Gasteiger charge is -2.28. The van der Waals surface area contributed by atoms with Gasteiger partial charge in [0.1, 0.15) is 30.4 Å². The Bertz CT molecular complexity index is 1150. The highest BCUT2D eigenvalue weighted by atomic mass is 19.4. The highest BCUT2D eigenvalue weighted by Crippen LogP contribution is 2.23. The number of rotatable bonds is 4. The number of pyridine rings is 1. The molecule has 14 heteroatoms. The van der Waals surface area contributed by atoms with Gasteiger partial charge in [0.2, 0.25) is 5.82 Å². The second-order valence-electron chi connectivity index (χ2n) is 7.45. The maximum absolute atomic E-state index is 13.4. The first-order chi connectivity index (χ1) is 16.0. The number of fused-ring (bicyclic) bond motifs is 1. The third-order valence-corrected chi connectivity index (χ3v) is 4.99. The SMILES string of the molecule is O=C(Nc1ccncn1)c1nc(C[NH+]2CCC(F)(F)CC2)c2ccccn12.O=C([O-])C(F)(F)F.[HH]. The summed E-state index contributed by atoms with van der Waals surface area (Å²) >= 11 is 0. The monoisotopic (exact) mass is 488 g/mol. The molecule has 1 aliphatic rings. The van der Waals surface area contributed by atoms with Crippen LogP contribution in [0.15, 0.2) is 43.0 Å². The summed E-state index contributed by atoms with van der Waals surface area (Å²) in [7, 11) is 0. The first kappa shape index (κ1) is 25.0. The van der Waals surface area contributed by atoms with Gasteiger partial charge >= 0.3 is 6.18 Å². The Labute approximate surface area is 190 Å². The van der Waals surface area contributed by atoms with Crippen molar-refractivity contribution in [1.29, 1.82) is 0 Å². The molecule has 2 N–H and O–H groups in total. The highest BCUT2D eigenvalue weighted by Gasteiger charge is 2.37. The molecular formula is C20H21F5N6O3. The molecule has 0 radical (unpaired) electrons. The number of aromatic nitrogens is 4. The molecule has 1 amide bonds. The summed E-state index contributed by atoms with van der Waals surface area (Å²) in [5.74, 6) is -5.34. The minimum atomic E-state index is -5.19. The fourth-order valence-corrected chi connectivity index (χ4v) is 3.31. The molecular weight excluding hydrogens is 467 g/mol. The zero-order valence-corrected chi connectivity index (χ0v) is 17.5. The first-order valence-electron chi connectivity index (χ1n) is 9.99. The van der Waals surface area contributed by atoms with Crippen LogP contribution in [0.4, 0.5) is 27.8 Å². The molecule has 34 heavy (non-hydrogen) atoms. The highest BCUT2D eigenvalue weighted by molar-refractivity contribution is 6.02. The molecule has 4 rings (SSSR count). The predicted octanol–water partition coefficient (Wildman–Crippen LogP) is 0.735. The number of carbonyl (C=O) groups is 2. The van der Waals surface area contributed by atoms with Crippen LogP contribution in [0.1, 0.15) is 30.6 Å². The fraction of sp³-hybridized carbons (Fsp3) is 0.350. The minimum Gasteiger partial charge on any atom is -0.542 e. The lowest BCUT2D eigenvalue weighted by Crippen LogP contribution is -3.12. The summed E-state index contributed by atoms with van der Waals surface area (Å²) in [4.78, 5) is 34.8. The number of carboxylic acid groups (broad SMARTS) is 1. The molecule has 3 aromatic heterocycles. The number of imidazole rings is 1. The van der Waals surface area contributed by atoms with Gasteiger partial charge < -0.3 is 20.1 Å². The van der Waals surface area contributed by atoms with Gasteiger partial charge in [-0.2, -0.15) is 13.2 Å². The lowest BCUT2D eigenvalue weighted by atomic mass is 10.1. The van der Waals surface area contributed by atoms with E-state index in [0.29, 0.717) is 25.5 Å². The molecule has 0 aliphatic carbocycles. The molecule has 0 saturated carbocycles. The number of carboxylic acids is 1. The molecule has 1 aliphatic heterocycles. The molecule has 0 atom stereocenters. The Morgan fingerprint density at radius 2 is 1.88 bits per heavy atom. The maximum atomic E-state index is 13.4. The van der Waals surface area contributed by atoms with Gasteiger partial charge in [-0.25, -0.2) is 23.7 Å². The molecule has 0 aromatic carbocycles. The van der Waals surface area contributed by atoms with E-state index in [1.165, 1.54) is 12.5 Å². The number of alkyl halides is 5. The number of carbonyl (C=O) groups excluding carboxylic acids is 2. The van der Waals surface area contributed by atoms with Gasteiger partial charge in [0.15, 0.2) is 0 Å². The summed E-state index contributed by atoms with van der Waals surface area (Å²) in [6.45, 7) is 1.28. The van der Waals surface area contributed by atoms with Crippen LogP contribution in [0.3, 0.4) is 0 Å². The minimum absolute atomic E-state index is 0. The summed E-state index contributed by atoms with van der Waals surface area (Å²) < 4.78 is 60.0. The molecule has 1 fully saturated rings. The number of halogens is 5. The van der Waals surface area contributed by atoms with E-state index in [4.69, 9.17) is 9.90 Å². The van der Waals surface area contributed by atoms with E-state index < -0.39 is 18.1 Å². The zero-order chi connectivity index (χ0) is 24.9. The molecule has 0 unspecified atom stereocenters. The maximum Gasteiger partial charge on any atom is 0.430 e. The Hall–Kier alpha value is -3.68. The van der Waals surface area contributed by atoms with Crippen molar-refractivity contribution < 1.29 is 43.0 Å². The Kier molecular flexibility index (Phi) is 7.39. The molecule has 9 nitrogen and oxygen atoms in total. The van der Waals surface area contributed by atoms with Crippen molar-refractivity contribution in [3.63, 3.8) is 0 Å². The van der Waals surface area contributed by atoms with Crippen molar-refractivity contribution in [3.8, 4) is 0 Å². The van der Waals surface area contributed by atoms with Gasteiger partial charge in [-0.1, -0.05) is 6.07 Å². The van der Waals surface area contributed by atoms with Gasteiger partial charge in [-0.15, -0.1) is 0 Å². The van der Waals surface area contributed by atoms with Crippen LogP contribution >= 0.6 is 0 Å². The predicted molar refractivity (Wildman–Crippen MR) is 107 cm³/mol. The largest absolute Gasteiger partial charge is 0.542 e. The number of hydrogen-bond donors (Lipinski definition) is 2. The molecule has 0 bridgehead atoms. The lowest BCUT2D eigenvalue weighted by molar-refractivity contribution is -0.921. The molecule has 184 valence electrons. The Morgan fingerprint density at radius 1 is 1.21 bits per heavy atom. The van der Waals surface area contributed by atoms with E-state index in [1.54, 1.807) is 16.7 Å². The summed E-state index contributed by atoms with van der Waals surface area (Å²) in [5, 5.41) is 11.5. The number of aliphatic carboxylic acids is 1. The number of quaternary nitrogens is 1. The molecule has 3 aromatic rings. The quantitative estimate of drug-likeness (QED) is 0.524. The van der Waals surface area contributed by atoms with Gasteiger partial charge in [0, 0.05) is 13.8 Å². The van der Waals surface area contributed by atoms with Crippen LogP contribution in [0.2, 0.25) is 0 Å². The third-order valence-electron chi connectivity index (χ3n) is 4.99. The number of nitrogens with one attached hydrogen (secondary N) is 2. The van der Waals surface area contributed by atoms with E-state index in [-0.39, 0.29) is 26.0 Å². The van der Waals surface area contributed by atoms with Crippen LogP contribution in [0, 0.1) is 0 Å². The second kappa shape index (κ2) is 10.1. The second-order valence-corrected chi connectivity index (χ2v) is 7.45. The topological polar surface area (TPSA) is 117 Å². The summed E-state index contributed by atoms with van der Waals surface area (Å²) in [6, 6.07) is 7.15. The number of anilines is 1. The van der Waals surface area contributed by atoms with Crippen LogP contribution in [0.5, 0.6) is 0 Å². The Morgan fingerprint density at radius 3 is 2.47 bits per heavy atom. The number of hydrogen-bond acceptors (Lipinski definition) is 6. The van der Waals surface area contributed by atoms with Crippen LogP contribution in [0.25, 0.3) is 5.52 Å².